The summed E-state index contributed by atoms with van der Waals surface area (Å²) in [6, 6.07) is 25.3. The Morgan fingerprint density at radius 3 is 1.81 bits per heavy atom. The van der Waals surface area contributed by atoms with Gasteiger partial charge >= 0.3 is 0 Å². The Balaban J connectivity index is 1.66. The monoisotopic (exact) mass is 545 g/mol. The van der Waals surface area contributed by atoms with Crippen LogP contribution in [-0.4, -0.2) is 21.5 Å². The molecule has 2 heterocycles. The lowest BCUT2D eigenvalue weighted by molar-refractivity contribution is -0.120. The first-order valence-corrected chi connectivity index (χ1v) is 12.6. The molecule has 8 heteroatoms. The van der Waals surface area contributed by atoms with Crippen LogP contribution in [0.15, 0.2) is 90.5 Å². The first-order valence-electron chi connectivity index (χ1n) is 11.5. The minimum absolute atomic E-state index is 0.00348. The molecule has 1 aliphatic heterocycles. The molecule has 184 valence electrons. The second-order valence-corrected chi connectivity index (χ2v) is 9.76. The molecule has 0 spiro atoms. The van der Waals surface area contributed by atoms with Crippen molar-refractivity contribution in [2.75, 3.05) is 9.80 Å². The Bertz CT molecular complexity index is 1520. The SMILES string of the molecule is Cc1cc(C=C2C(=O)N(c3ccccc3)C(=S)N(c3ccccc3)C2=O)c(C)n1-c1ccc(Cl)cc1Cl. The van der Waals surface area contributed by atoms with Gasteiger partial charge in [0.15, 0.2) is 5.11 Å². The van der Waals surface area contributed by atoms with Gasteiger partial charge in [0.05, 0.1) is 22.1 Å². The lowest BCUT2D eigenvalue weighted by atomic mass is 10.1. The second-order valence-electron chi connectivity index (χ2n) is 8.55. The van der Waals surface area contributed by atoms with Gasteiger partial charge in [0.2, 0.25) is 0 Å². The molecule has 0 aliphatic carbocycles. The van der Waals surface area contributed by atoms with Crippen molar-refractivity contribution >= 4 is 69.8 Å². The first kappa shape index (κ1) is 25.0. The van der Waals surface area contributed by atoms with Crippen LogP contribution in [0.5, 0.6) is 0 Å². The fourth-order valence-corrected chi connectivity index (χ4v) is 5.33. The summed E-state index contributed by atoms with van der Waals surface area (Å²) < 4.78 is 1.97. The van der Waals surface area contributed by atoms with E-state index in [-0.39, 0.29) is 10.7 Å². The van der Waals surface area contributed by atoms with E-state index in [2.05, 4.69) is 0 Å². The summed E-state index contributed by atoms with van der Waals surface area (Å²) in [5.41, 5.74) is 4.34. The zero-order chi connectivity index (χ0) is 26.3. The molecule has 37 heavy (non-hydrogen) atoms. The molecule has 1 aromatic heterocycles. The smallest absolute Gasteiger partial charge is 0.270 e. The number of halogens is 2. The number of aromatic nitrogens is 1. The molecule has 1 saturated heterocycles. The van der Waals surface area contributed by atoms with E-state index in [1.165, 1.54) is 9.80 Å². The fraction of sp³-hybridized carbons (Fsp3) is 0.0690. The van der Waals surface area contributed by atoms with E-state index < -0.39 is 11.8 Å². The van der Waals surface area contributed by atoms with Crippen molar-refractivity contribution in [3.8, 4) is 5.69 Å². The molecule has 2 amide bonds. The van der Waals surface area contributed by atoms with E-state index in [1.54, 1.807) is 42.5 Å². The van der Waals surface area contributed by atoms with E-state index >= 15 is 0 Å². The summed E-state index contributed by atoms with van der Waals surface area (Å²) in [6.07, 6.45) is 1.63. The number of hydrogen-bond donors (Lipinski definition) is 0. The molecule has 0 bridgehead atoms. The quantitative estimate of drug-likeness (QED) is 0.155. The summed E-state index contributed by atoms with van der Waals surface area (Å²) >= 11 is 18.3. The maximum Gasteiger partial charge on any atom is 0.270 e. The van der Waals surface area contributed by atoms with Crippen molar-refractivity contribution in [2.45, 2.75) is 13.8 Å². The molecular weight excluding hydrogens is 525 g/mol. The van der Waals surface area contributed by atoms with Gasteiger partial charge in [-0.2, -0.15) is 0 Å². The van der Waals surface area contributed by atoms with Crippen molar-refractivity contribution in [1.82, 2.24) is 4.57 Å². The molecule has 0 atom stereocenters. The molecular formula is C29H21Cl2N3O2S. The number of anilines is 2. The third-order valence-corrected chi connectivity index (χ3v) is 7.10. The molecule has 4 aromatic rings. The number of benzene rings is 3. The van der Waals surface area contributed by atoms with Crippen LogP contribution in [0.25, 0.3) is 11.8 Å². The van der Waals surface area contributed by atoms with Crippen LogP contribution in [0.1, 0.15) is 17.0 Å². The number of aryl methyl sites for hydroxylation is 1. The van der Waals surface area contributed by atoms with Crippen LogP contribution in [0.2, 0.25) is 10.0 Å². The lowest BCUT2D eigenvalue weighted by Crippen LogP contribution is -2.56. The summed E-state index contributed by atoms with van der Waals surface area (Å²) in [6.45, 7) is 3.85. The minimum atomic E-state index is -0.484. The molecule has 5 nitrogen and oxygen atoms in total. The van der Waals surface area contributed by atoms with E-state index in [0.29, 0.717) is 27.0 Å². The number of carbonyl (C=O) groups is 2. The van der Waals surface area contributed by atoms with Crippen molar-refractivity contribution < 1.29 is 9.59 Å². The minimum Gasteiger partial charge on any atom is -0.316 e. The number of thiocarbonyl (C=S) groups is 1. The van der Waals surface area contributed by atoms with Crippen LogP contribution in [0, 0.1) is 13.8 Å². The largest absolute Gasteiger partial charge is 0.316 e. The number of carbonyl (C=O) groups excluding carboxylic acids is 2. The molecule has 3 aromatic carbocycles. The number of rotatable bonds is 4. The van der Waals surface area contributed by atoms with Gasteiger partial charge in [-0.05, 0) is 86.2 Å². The number of hydrogen-bond acceptors (Lipinski definition) is 3. The van der Waals surface area contributed by atoms with Crippen LogP contribution >= 0.6 is 35.4 Å². The van der Waals surface area contributed by atoms with Crippen LogP contribution in [0.4, 0.5) is 11.4 Å². The second kappa shape index (κ2) is 9.98. The van der Waals surface area contributed by atoms with Gasteiger partial charge in [0.1, 0.15) is 5.57 Å². The Morgan fingerprint density at radius 2 is 1.30 bits per heavy atom. The highest BCUT2D eigenvalue weighted by Gasteiger charge is 2.41. The van der Waals surface area contributed by atoms with Gasteiger partial charge in [-0.1, -0.05) is 59.6 Å². The maximum absolute atomic E-state index is 13.8. The molecule has 0 radical (unpaired) electrons. The highest BCUT2D eigenvalue weighted by atomic mass is 35.5. The number of nitrogens with zero attached hydrogens (tertiary/aromatic N) is 3. The predicted octanol–water partition coefficient (Wildman–Crippen LogP) is 7.15. The molecule has 0 saturated carbocycles. The number of amides is 2. The lowest BCUT2D eigenvalue weighted by Gasteiger charge is -2.36. The average Bonchev–Trinajstić information content (AvgIpc) is 3.16. The van der Waals surface area contributed by atoms with Crippen LogP contribution in [-0.2, 0) is 9.59 Å². The molecule has 0 N–H and O–H groups in total. The zero-order valence-corrected chi connectivity index (χ0v) is 22.3. The Labute approximate surface area is 230 Å². The van der Waals surface area contributed by atoms with Crippen molar-refractivity contribution in [1.29, 1.82) is 0 Å². The highest BCUT2D eigenvalue weighted by molar-refractivity contribution is 7.81. The van der Waals surface area contributed by atoms with Crippen LogP contribution in [0.3, 0.4) is 0 Å². The normalized spacial score (nSPS) is 13.9. The van der Waals surface area contributed by atoms with Crippen molar-refractivity contribution in [2.24, 2.45) is 0 Å². The van der Waals surface area contributed by atoms with Gasteiger partial charge in [-0.3, -0.25) is 19.4 Å². The van der Waals surface area contributed by atoms with E-state index in [4.69, 9.17) is 35.4 Å². The van der Waals surface area contributed by atoms with Gasteiger partial charge in [-0.25, -0.2) is 0 Å². The van der Waals surface area contributed by atoms with Crippen LogP contribution < -0.4 is 9.80 Å². The van der Waals surface area contributed by atoms with Gasteiger partial charge < -0.3 is 4.57 Å². The summed E-state index contributed by atoms with van der Waals surface area (Å²) in [7, 11) is 0. The summed E-state index contributed by atoms with van der Waals surface area (Å²) in [5, 5.41) is 1.13. The average molecular weight is 546 g/mol. The van der Waals surface area contributed by atoms with E-state index in [1.807, 2.05) is 66.9 Å². The number of para-hydroxylation sites is 2. The molecule has 5 rings (SSSR count). The van der Waals surface area contributed by atoms with Gasteiger partial charge in [0.25, 0.3) is 11.8 Å². The van der Waals surface area contributed by atoms with Crippen molar-refractivity contribution in [3.05, 3.63) is 117 Å². The topological polar surface area (TPSA) is 45.6 Å². The molecule has 0 unspecified atom stereocenters. The third-order valence-electron chi connectivity index (χ3n) is 6.20. The van der Waals surface area contributed by atoms with Gasteiger partial charge in [-0.15, -0.1) is 0 Å². The Morgan fingerprint density at radius 1 is 0.757 bits per heavy atom. The fourth-order valence-electron chi connectivity index (χ4n) is 4.46. The standard InChI is InChI=1S/C29H21Cl2N3O2S/c1-18-15-20(19(2)32(18)26-14-13-21(30)17-25(26)31)16-24-27(35)33(22-9-5-3-6-10-22)29(37)34(28(24)36)23-11-7-4-8-12-23/h3-17H,1-2H3. The van der Waals surface area contributed by atoms with E-state index in [0.717, 1.165) is 17.1 Å². The predicted molar refractivity (Wildman–Crippen MR) is 154 cm³/mol. The Kier molecular flexibility index (Phi) is 6.73. The Hall–Kier alpha value is -3.71. The zero-order valence-electron chi connectivity index (χ0n) is 20.0. The van der Waals surface area contributed by atoms with Crippen molar-refractivity contribution in [3.63, 3.8) is 0 Å². The highest BCUT2D eigenvalue weighted by Crippen LogP contribution is 2.33. The summed E-state index contributed by atoms with van der Waals surface area (Å²) in [5.74, 6) is -0.967. The van der Waals surface area contributed by atoms with Gasteiger partial charge in [0, 0.05) is 16.4 Å². The third kappa shape index (κ3) is 4.48. The van der Waals surface area contributed by atoms with E-state index in [9.17, 15) is 9.59 Å². The first-order chi connectivity index (χ1) is 17.8. The summed E-state index contributed by atoms with van der Waals surface area (Å²) in [4.78, 5) is 30.3. The molecule has 1 aliphatic rings. The molecule has 1 fully saturated rings. The maximum atomic E-state index is 13.8.